The molecule has 35 heavy (non-hydrogen) atoms. The van der Waals surface area contributed by atoms with Gasteiger partial charge in [0.25, 0.3) is 5.91 Å². The molecule has 1 amide bonds. The van der Waals surface area contributed by atoms with E-state index >= 15 is 0 Å². The number of hydrogen-bond donors (Lipinski definition) is 1. The third kappa shape index (κ3) is 5.68. The molecule has 2 aliphatic heterocycles. The molecule has 5 nitrogen and oxygen atoms in total. The van der Waals surface area contributed by atoms with Crippen LogP contribution in [-0.2, 0) is 17.9 Å². The number of anilines is 1. The summed E-state index contributed by atoms with van der Waals surface area (Å²) in [4.78, 5) is 18.2. The van der Waals surface area contributed by atoms with Crippen molar-refractivity contribution in [1.29, 1.82) is 0 Å². The molecule has 3 aromatic rings. The van der Waals surface area contributed by atoms with E-state index in [-0.39, 0.29) is 12.5 Å². The summed E-state index contributed by atoms with van der Waals surface area (Å²) in [5.74, 6) is 0.804. The molecule has 0 unspecified atom stereocenters. The second kappa shape index (κ2) is 11.0. The number of nitrogens with zero attached hydrogens (tertiary/aromatic N) is 2. The Morgan fingerprint density at radius 3 is 2.51 bits per heavy atom. The zero-order valence-corrected chi connectivity index (χ0v) is 20.5. The number of carbonyl (C=O) groups is 1. The van der Waals surface area contributed by atoms with Gasteiger partial charge in [-0.3, -0.25) is 9.69 Å². The molecular formula is C30H35N3O2. The molecule has 5 rings (SSSR count). The normalized spacial score (nSPS) is 20.4. The van der Waals surface area contributed by atoms with Gasteiger partial charge in [-0.15, -0.1) is 0 Å². The lowest BCUT2D eigenvalue weighted by Gasteiger charge is -2.34. The average molecular weight is 470 g/mol. The number of fused-ring (bicyclic) bond motifs is 3. The molecular weight excluding hydrogens is 434 g/mol. The highest BCUT2D eigenvalue weighted by Gasteiger charge is 2.35. The lowest BCUT2D eigenvalue weighted by atomic mass is 10.1. The Hall–Kier alpha value is -3.31. The Labute approximate surface area is 208 Å². The number of hydrogen-bond acceptors (Lipinski definition) is 4. The van der Waals surface area contributed by atoms with E-state index in [0.29, 0.717) is 25.2 Å². The van der Waals surface area contributed by atoms with Crippen molar-refractivity contribution >= 4 is 11.6 Å². The molecule has 0 radical (unpaired) electrons. The van der Waals surface area contributed by atoms with E-state index in [1.807, 2.05) is 36.1 Å². The van der Waals surface area contributed by atoms with Gasteiger partial charge in [0.2, 0.25) is 0 Å². The first-order chi connectivity index (χ1) is 17.2. The van der Waals surface area contributed by atoms with Crippen LogP contribution in [0.1, 0.15) is 36.0 Å². The second-order valence-electron chi connectivity index (χ2n) is 9.74. The standard InChI is InChI=1S/C30H35N3O2/c1-23-9-5-8-14-29(23)35-22-30(34)32-20-25-12-6-7-13-28(25)31-18-17-26-15-16-27(21-32)33(26)19-24-10-3-2-4-11-24/h2-14,26-27,31H,15-22H2,1H3/t26-,27+/m0/s1. The minimum absolute atomic E-state index is 0.0328. The van der Waals surface area contributed by atoms with Crippen LogP contribution in [0.3, 0.4) is 0 Å². The minimum atomic E-state index is 0.0328. The van der Waals surface area contributed by atoms with Gasteiger partial charge in [-0.2, -0.15) is 0 Å². The van der Waals surface area contributed by atoms with Crippen molar-refractivity contribution in [2.75, 3.05) is 25.0 Å². The van der Waals surface area contributed by atoms with Gasteiger partial charge in [-0.05, 0) is 55.0 Å². The van der Waals surface area contributed by atoms with E-state index in [1.165, 1.54) is 12.0 Å². The molecule has 0 saturated carbocycles. The molecule has 0 aromatic heterocycles. The molecule has 0 spiro atoms. The topological polar surface area (TPSA) is 44.8 Å². The number of benzene rings is 3. The number of rotatable bonds is 5. The first-order valence-corrected chi connectivity index (χ1v) is 12.7. The maximum atomic E-state index is 13.5. The summed E-state index contributed by atoms with van der Waals surface area (Å²) >= 11 is 0. The number of carbonyl (C=O) groups excluding carboxylic acids is 1. The Balaban J connectivity index is 1.39. The molecule has 182 valence electrons. The van der Waals surface area contributed by atoms with Crippen LogP contribution < -0.4 is 10.1 Å². The second-order valence-corrected chi connectivity index (χ2v) is 9.74. The van der Waals surface area contributed by atoms with Crippen molar-refractivity contribution in [3.63, 3.8) is 0 Å². The number of para-hydroxylation sites is 2. The van der Waals surface area contributed by atoms with Gasteiger partial charge in [-0.1, -0.05) is 66.7 Å². The molecule has 1 N–H and O–H groups in total. The maximum Gasteiger partial charge on any atom is 0.260 e. The Bertz CT molecular complexity index is 1130. The summed E-state index contributed by atoms with van der Waals surface area (Å²) < 4.78 is 5.97. The van der Waals surface area contributed by atoms with Crippen molar-refractivity contribution < 1.29 is 9.53 Å². The largest absolute Gasteiger partial charge is 0.484 e. The highest BCUT2D eigenvalue weighted by atomic mass is 16.5. The van der Waals surface area contributed by atoms with Gasteiger partial charge in [0.1, 0.15) is 5.75 Å². The molecule has 2 aliphatic rings. The number of ether oxygens (including phenoxy) is 1. The number of aryl methyl sites for hydroxylation is 1. The Morgan fingerprint density at radius 1 is 0.914 bits per heavy atom. The molecule has 5 heteroatoms. The summed E-state index contributed by atoms with van der Waals surface area (Å²) in [5.41, 5.74) is 4.65. The lowest BCUT2D eigenvalue weighted by Crippen LogP contribution is -2.46. The Kier molecular flexibility index (Phi) is 7.34. The zero-order chi connectivity index (χ0) is 24.0. The molecule has 1 fully saturated rings. The fraction of sp³-hybridized carbons (Fsp3) is 0.367. The van der Waals surface area contributed by atoms with E-state index in [0.717, 1.165) is 48.5 Å². The van der Waals surface area contributed by atoms with Gasteiger partial charge in [-0.25, -0.2) is 0 Å². The van der Waals surface area contributed by atoms with Crippen LogP contribution in [0, 0.1) is 6.92 Å². The third-order valence-electron chi connectivity index (χ3n) is 7.38. The fourth-order valence-electron chi connectivity index (χ4n) is 5.44. The van der Waals surface area contributed by atoms with Gasteiger partial charge in [0.15, 0.2) is 6.61 Å². The summed E-state index contributed by atoms with van der Waals surface area (Å²) in [6.45, 7) is 5.21. The quantitative estimate of drug-likeness (QED) is 0.554. The van der Waals surface area contributed by atoms with Crippen molar-refractivity contribution in [1.82, 2.24) is 9.80 Å². The SMILES string of the molecule is Cc1ccccc1OCC(=O)N1Cc2ccccc2NCC[C@@H]2CC[C@H](C1)N2Cc1ccccc1. The van der Waals surface area contributed by atoms with Crippen molar-refractivity contribution in [2.24, 2.45) is 0 Å². The molecule has 2 atom stereocenters. The average Bonchev–Trinajstić information content (AvgIpc) is 3.23. The van der Waals surface area contributed by atoms with Crippen LogP contribution in [0.25, 0.3) is 0 Å². The Morgan fingerprint density at radius 2 is 1.66 bits per heavy atom. The molecule has 2 heterocycles. The van der Waals surface area contributed by atoms with Gasteiger partial charge >= 0.3 is 0 Å². The third-order valence-corrected chi connectivity index (χ3v) is 7.38. The smallest absolute Gasteiger partial charge is 0.260 e. The van der Waals surface area contributed by atoms with Crippen LogP contribution >= 0.6 is 0 Å². The van der Waals surface area contributed by atoms with Crippen molar-refractivity contribution in [3.05, 3.63) is 95.6 Å². The predicted molar refractivity (Wildman–Crippen MR) is 140 cm³/mol. The van der Waals surface area contributed by atoms with Gasteiger partial charge in [0.05, 0.1) is 0 Å². The predicted octanol–water partition coefficient (Wildman–Crippen LogP) is 5.25. The summed E-state index contributed by atoms with van der Waals surface area (Å²) in [6.07, 6.45) is 3.38. The summed E-state index contributed by atoms with van der Waals surface area (Å²) in [7, 11) is 0. The minimum Gasteiger partial charge on any atom is -0.484 e. The van der Waals surface area contributed by atoms with E-state index in [2.05, 4.69) is 64.8 Å². The van der Waals surface area contributed by atoms with Crippen LogP contribution in [0.2, 0.25) is 0 Å². The molecule has 1 saturated heterocycles. The van der Waals surface area contributed by atoms with Gasteiger partial charge < -0.3 is 15.0 Å². The highest BCUT2D eigenvalue weighted by molar-refractivity contribution is 5.78. The first kappa shape index (κ1) is 23.4. The number of amides is 1. The van der Waals surface area contributed by atoms with Crippen LogP contribution in [0.15, 0.2) is 78.9 Å². The zero-order valence-electron chi connectivity index (χ0n) is 20.5. The molecule has 0 aliphatic carbocycles. The van der Waals surface area contributed by atoms with E-state index in [9.17, 15) is 4.79 Å². The van der Waals surface area contributed by atoms with Gasteiger partial charge in [0, 0.05) is 44.0 Å². The van der Waals surface area contributed by atoms with Crippen LogP contribution in [0.5, 0.6) is 5.75 Å². The number of nitrogens with one attached hydrogen (secondary N) is 1. The van der Waals surface area contributed by atoms with Crippen LogP contribution in [0.4, 0.5) is 5.69 Å². The summed E-state index contributed by atoms with van der Waals surface area (Å²) in [5, 5.41) is 3.66. The molecule has 2 bridgehead atoms. The fourth-order valence-corrected chi connectivity index (χ4v) is 5.44. The summed E-state index contributed by atoms with van der Waals surface area (Å²) in [6, 6.07) is 27.8. The molecule has 3 aromatic carbocycles. The monoisotopic (exact) mass is 469 g/mol. The van der Waals surface area contributed by atoms with Crippen LogP contribution in [-0.4, -0.2) is 47.5 Å². The highest BCUT2D eigenvalue weighted by Crippen LogP contribution is 2.31. The van der Waals surface area contributed by atoms with Crippen molar-refractivity contribution in [2.45, 2.75) is 51.4 Å². The van der Waals surface area contributed by atoms with E-state index < -0.39 is 0 Å². The van der Waals surface area contributed by atoms with Crippen molar-refractivity contribution in [3.8, 4) is 5.75 Å². The maximum absolute atomic E-state index is 13.5. The van der Waals surface area contributed by atoms with E-state index in [1.54, 1.807) is 0 Å². The van der Waals surface area contributed by atoms with E-state index in [4.69, 9.17) is 4.74 Å². The first-order valence-electron chi connectivity index (χ1n) is 12.7. The lowest BCUT2D eigenvalue weighted by molar-refractivity contribution is -0.134.